The second-order valence-corrected chi connectivity index (χ2v) is 7.12. The summed E-state index contributed by atoms with van der Waals surface area (Å²) < 4.78 is 0. The van der Waals surface area contributed by atoms with Gasteiger partial charge in [-0.1, -0.05) is 12.1 Å². The van der Waals surface area contributed by atoms with E-state index in [2.05, 4.69) is 15.1 Å². The maximum atomic E-state index is 12.3. The molecule has 140 valence electrons. The van der Waals surface area contributed by atoms with Crippen LogP contribution in [0, 0.1) is 13.8 Å². The smallest absolute Gasteiger partial charge is 0.246 e. The number of imide groups is 1. The van der Waals surface area contributed by atoms with E-state index < -0.39 is 0 Å². The average Bonchev–Trinajstić information content (AvgIpc) is 2.87. The van der Waals surface area contributed by atoms with Crippen LogP contribution in [0.3, 0.4) is 0 Å². The number of hydrogen-bond acceptors (Lipinski definition) is 5. The van der Waals surface area contributed by atoms with Crippen LogP contribution in [0.15, 0.2) is 18.2 Å². The van der Waals surface area contributed by atoms with Crippen LogP contribution in [0.1, 0.15) is 17.5 Å². The van der Waals surface area contributed by atoms with E-state index in [4.69, 9.17) is 0 Å². The van der Waals surface area contributed by atoms with E-state index in [0.29, 0.717) is 32.7 Å². The first-order valence-electron chi connectivity index (χ1n) is 8.99. The van der Waals surface area contributed by atoms with Gasteiger partial charge in [0.25, 0.3) is 0 Å². The number of nitrogens with one attached hydrogen (secondary N) is 1. The summed E-state index contributed by atoms with van der Waals surface area (Å²) in [6.45, 7) is 7.16. The van der Waals surface area contributed by atoms with Gasteiger partial charge < -0.3 is 5.32 Å². The number of carbonyl (C=O) groups is 3. The second-order valence-electron chi connectivity index (χ2n) is 7.12. The van der Waals surface area contributed by atoms with Crippen LogP contribution in [0.25, 0.3) is 0 Å². The molecule has 0 aliphatic carbocycles. The molecule has 1 atom stereocenters. The molecule has 0 radical (unpaired) electrons. The molecule has 2 heterocycles. The van der Waals surface area contributed by atoms with E-state index in [0.717, 1.165) is 16.8 Å². The van der Waals surface area contributed by atoms with Crippen molar-refractivity contribution in [2.24, 2.45) is 0 Å². The normalized spacial score (nSPS) is 22.1. The number of anilines is 1. The Kier molecular flexibility index (Phi) is 5.38. The number of benzene rings is 1. The molecular weight excluding hydrogens is 332 g/mol. The van der Waals surface area contributed by atoms with E-state index in [1.807, 2.05) is 32.0 Å². The van der Waals surface area contributed by atoms with Crippen molar-refractivity contribution in [1.29, 1.82) is 0 Å². The number of rotatable bonds is 4. The molecule has 2 aliphatic rings. The fraction of sp³-hybridized carbons (Fsp3) is 0.526. The third kappa shape index (κ3) is 3.78. The topological polar surface area (TPSA) is 73.0 Å². The number of likely N-dealkylation sites (N-methyl/N-ethyl adjacent to an activating group) is 1. The zero-order valence-corrected chi connectivity index (χ0v) is 15.6. The van der Waals surface area contributed by atoms with Crippen molar-refractivity contribution in [1.82, 2.24) is 14.7 Å². The van der Waals surface area contributed by atoms with Crippen molar-refractivity contribution >= 4 is 23.4 Å². The van der Waals surface area contributed by atoms with Gasteiger partial charge in [0, 0.05) is 38.9 Å². The average molecular weight is 358 g/mol. The van der Waals surface area contributed by atoms with Gasteiger partial charge in [-0.15, -0.1) is 0 Å². The van der Waals surface area contributed by atoms with Crippen LogP contribution in [-0.4, -0.2) is 78.2 Å². The van der Waals surface area contributed by atoms with Crippen molar-refractivity contribution < 1.29 is 14.4 Å². The van der Waals surface area contributed by atoms with Gasteiger partial charge in [-0.05, 0) is 31.0 Å². The first-order chi connectivity index (χ1) is 12.4. The van der Waals surface area contributed by atoms with Gasteiger partial charge in [-0.25, -0.2) is 0 Å². The van der Waals surface area contributed by atoms with Gasteiger partial charge >= 0.3 is 0 Å². The monoisotopic (exact) mass is 358 g/mol. The molecule has 0 unspecified atom stereocenters. The van der Waals surface area contributed by atoms with Crippen LogP contribution >= 0.6 is 0 Å². The maximum absolute atomic E-state index is 12.3. The van der Waals surface area contributed by atoms with E-state index in [1.54, 1.807) is 7.05 Å². The fourth-order valence-electron chi connectivity index (χ4n) is 3.53. The summed E-state index contributed by atoms with van der Waals surface area (Å²) in [5.74, 6) is -0.259. The first kappa shape index (κ1) is 18.5. The highest BCUT2D eigenvalue weighted by Crippen LogP contribution is 2.20. The van der Waals surface area contributed by atoms with Crippen molar-refractivity contribution in [2.75, 3.05) is 45.1 Å². The summed E-state index contributed by atoms with van der Waals surface area (Å²) in [6.07, 6.45) is 0.266. The molecule has 2 aliphatic heterocycles. The standard InChI is InChI=1S/C19H26N4O3/c1-13-5-4-6-15(14(13)2)20-17(24)12-22-7-9-23(10-8-22)16-11-18(25)21(3)19(16)26/h4-6,16H,7-12H2,1-3H3,(H,20,24)/t16-/m0/s1. The van der Waals surface area contributed by atoms with E-state index in [-0.39, 0.29) is 30.2 Å². The van der Waals surface area contributed by atoms with Gasteiger partial charge in [0.15, 0.2) is 0 Å². The summed E-state index contributed by atoms with van der Waals surface area (Å²) in [4.78, 5) is 41.5. The lowest BCUT2D eigenvalue weighted by Gasteiger charge is -2.36. The highest BCUT2D eigenvalue weighted by molar-refractivity contribution is 6.05. The van der Waals surface area contributed by atoms with E-state index in [9.17, 15) is 14.4 Å². The zero-order chi connectivity index (χ0) is 18.8. The molecule has 2 saturated heterocycles. The quantitative estimate of drug-likeness (QED) is 0.799. The molecule has 26 heavy (non-hydrogen) atoms. The number of amides is 3. The van der Waals surface area contributed by atoms with Crippen LogP contribution < -0.4 is 5.32 Å². The largest absolute Gasteiger partial charge is 0.325 e. The predicted molar refractivity (Wildman–Crippen MR) is 98.7 cm³/mol. The fourth-order valence-corrected chi connectivity index (χ4v) is 3.53. The predicted octanol–water partition coefficient (Wildman–Crippen LogP) is 0.617. The Morgan fingerprint density at radius 3 is 2.46 bits per heavy atom. The summed E-state index contributed by atoms with van der Waals surface area (Å²) in [6, 6.07) is 5.54. The molecular formula is C19H26N4O3. The molecule has 3 rings (SSSR count). The summed E-state index contributed by atoms with van der Waals surface area (Å²) >= 11 is 0. The number of nitrogens with zero attached hydrogens (tertiary/aromatic N) is 3. The third-order valence-electron chi connectivity index (χ3n) is 5.45. The Morgan fingerprint density at radius 1 is 1.15 bits per heavy atom. The molecule has 1 N–H and O–H groups in total. The van der Waals surface area contributed by atoms with Crippen molar-refractivity contribution in [3.8, 4) is 0 Å². The Balaban J connectivity index is 1.50. The SMILES string of the molecule is Cc1cccc(NC(=O)CN2CCN([C@H]3CC(=O)N(C)C3=O)CC2)c1C. The maximum Gasteiger partial charge on any atom is 0.246 e. The van der Waals surface area contributed by atoms with Crippen LogP contribution in [0.5, 0.6) is 0 Å². The van der Waals surface area contributed by atoms with Crippen LogP contribution in [0.2, 0.25) is 0 Å². The van der Waals surface area contributed by atoms with Gasteiger partial charge in [0.1, 0.15) is 0 Å². The molecule has 7 nitrogen and oxygen atoms in total. The Hall–Kier alpha value is -2.25. The highest BCUT2D eigenvalue weighted by atomic mass is 16.2. The minimum atomic E-state index is -0.335. The van der Waals surface area contributed by atoms with Crippen molar-refractivity contribution in [2.45, 2.75) is 26.3 Å². The Bertz CT molecular complexity index is 725. The van der Waals surface area contributed by atoms with E-state index in [1.165, 1.54) is 4.90 Å². The van der Waals surface area contributed by atoms with Crippen LogP contribution in [0.4, 0.5) is 5.69 Å². The molecule has 7 heteroatoms. The number of piperazine rings is 1. The summed E-state index contributed by atoms with van der Waals surface area (Å²) in [5, 5.41) is 2.98. The lowest BCUT2D eigenvalue weighted by molar-refractivity contribution is -0.138. The van der Waals surface area contributed by atoms with Gasteiger partial charge in [-0.2, -0.15) is 0 Å². The summed E-state index contributed by atoms with van der Waals surface area (Å²) in [7, 11) is 1.54. The van der Waals surface area contributed by atoms with Gasteiger partial charge in [-0.3, -0.25) is 29.1 Å². The van der Waals surface area contributed by atoms with Crippen molar-refractivity contribution in [3.05, 3.63) is 29.3 Å². The molecule has 1 aromatic rings. The zero-order valence-electron chi connectivity index (χ0n) is 15.6. The highest BCUT2D eigenvalue weighted by Gasteiger charge is 2.40. The molecule has 0 saturated carbocycles. The molecule has 1 aromatic carbocycles. The molecule has 0 bridgehead atoms. The lowest BCUT2D eigenvalue weighted by Crippen LogP contribution is -2.53. The Labute approximate surface area is 153 Å². The van der Waals surface area contributed by atoms with Crippen LogP contribution in [-0.2, 0) is 14.4 Å². The minimum Gasteiger partial charge on any atom is -0.325 e. The van der Waals surface area contributed by atoms with Gasteiger partial charge in [0.05, 0.1) is 19.0 Å². The van der Waals surface area contributed by atoms with Crippen molar-refractivity contribution in [3.63, 3.8) is 0 Å². The molecule has 0 aromatic heterocycles. The van der Waals surface area contributed by atoms with E-state index >= 15 is 0 Å². The molecule has 3 amide bonds. The minimum absolute atomic E-state index is 0.0287. The number of likely N-dealkylation sites (tertiary alicyclic amines) is 1. The molecule has 2 fully saturated rings. The first-order valence-corrected chi connectivity index (χ1v) is 8.99. The molecule has 0 spiro atoms. The third-order valence-corrected chi connectivity index (χ3v) is 5.45. The number of aryl methyl sites for hydroxylation is 1. The Morgan fingerprint density at radius 2 is 1.85 bits per heavy atom. The lowest BCUT2D eigenvalue weighted by atomic mass is 10.1. The number of hydrogen-bond donors (Lipinski definition) is 1. The van der Waals surface area contributed by atoms with Gasteiger partial charge in [0.2, 0.25) is 17.7 Å². The summed E-state index contributed by atoms with van der Waals surface area (Å²) in [5.41, 5.74) is 3.09. The number of carbonyl (C=O) groups excluding carboxylic acids is 3. The second kappa shape index (κ2) is 7.55.